The maximum absolute atomic E-state index is 11.6. The molecule has 0 bridgehead atoms. The minimum Gasteiger partial charge on any atom is -0.448 e. The molecule has 0 fully saturated rings. The third-order valence-electron chi connectivity index (χ3n) is 3.82. The Kier molecular flexibility index (Phi) is 26.0. The number of hydrogen-bond donors (Lipinski definition) is 4. The molecule has 12 heteroatoms. The first-order valence-corrected chi connectivity index (χ1v) is 10.0. The summed E-state index contributed by atoms with van der Waals surface area (Å²) in [6.07, 6.45) is 2.93. The molecule has 0 heterocycles. The summed E-state index contributed by atoms with van der Waals surface area (Å²) >= 11 is 0. The van der Waals surface area contributed by atoms with E-state index in [4.69, 9.17) is 9.47 Å². The highest BCUT2D eigenvalue weighted by Crippen LogP contribution is 1.92. The molecule has 10 nitrogen and oxygen atoms in total. The Morgan fingerprint density at radius 2 is 1.20 bits per heavy atom. The van der Waals surface area contributed by atoms with Crippen LogP contribution in [0.25, 0.3) is 0 Å². The zero-order chi connectivity index (χ0) is 21.0. The zero-order valence-electron chi connectivity index (χ0n) is 18.3. The number of carbonyl (C=O) groups excluding carboxylic acids is 3. The molecular formula is C18H39Cl2N5O5. The van der Waals surface area contributed by atoms with Gasteiger partial charge in [0.15, 0.2) is 0 Å². The molecule has 4 amide bonds. The summed E-state index contributed by atoms with van der Waals surface area (Å²) in [5.41, 5.74) is 0. The zero-order valence-corrected chi connectivity index (χ0v) is 19.9. The van der Waals surface area contributed by atoms with E-state index in [2.05, 4.69) is 21.3 Å². The van der Waals surface area contributed by atoms with E-state index in [1.807, 2.05) is 18.7 Å². The van der Waals surface area contributed by atoms with Crippen LogP contribution in [0.2, 0.25) is 0 Å². The molecule has 0 spiro atoms. The van der Waals surface area contributed by atoms with Crippen LogP contribution in [0.5, 0.6) is 0 Å². The molecule has 0 aromatic rings. The summed E-state index contributed by atoms with van der Waals surface area (Å²) in [5.74, 6) is 0. The maximum atomic E-state index is 11.6. The first-order valence-electron chi connectivity index (χ1n) is 10.0. The van der Waals surface area contributed by atoms with Crippen molar-refractivity contribution in [1.82, 2.24) is 26.2 Å². The molecule has 0 unspecified atom stereocenters. The quantitative estimate of drug-likeness (QED) is 0.269. The van der Waals surface area contributed by atoms with Crippen LogP contribution < -0.4 is 21.3 Å². The highest BCUT2D eigenvalue weighted by molar-refractivity contribution is 5.85. The molecule has 0 aliphatic carbocycles. The lowest BCUT2D eigenvalue weighted by atomic mass is 10.3. The molecule has 0 atom stereocenters. The van der Waals surface area contributed by atoms with E-state index >= 15 is 0 Å². The third kappa shape index (κ3) is 21.1. The second-order valence-electron chi connectivity index (χ2n) is 6.18. The number of amides is 4. The fourth-order valence-electron chi connectivity index (χ4n) is 2.12. The lowest BCUT2D eigenvalue weighted by Gasteiger charge is -2.22. The fourth-order valence-corrected chi connectivity index (χ4v) is 2.12. The normalized spacial score (nSPS) is 9.60. The molecule has 0 saturated carbocycles. The number of nitrogens with one attached hydrogen (secondary N) is 4. The summed E-state index contributed by atoms with van der Waals surface area (Å²) in [6.45, 7) is 7.59. The van der Waals surface area contributed by atoms with Gasteiger partial charge in [-0.2, -0.15) is 0 Å². The van der Waals surface area contributed by atoms with Crippen LogP contribution in [0, 0.1) is 0 Å². The maximum Gasteiger partial charge on any atom is 0.407 e. The van der Waals surface area contributed by atoms with Crippen molar-refractivity contribution in [2.24, 2.45) is 0 Å². The minimum absolute atomic E-state index is 0. The number of halogens is 2. The number of alkyl carbamates (subject to hydrolysis) is 2. The van der Waals surface area contributed by atoms with Gasteiger partial charge in [0.25, 0.3) is 0 Å². The Morgan fingerprint density at radius 1 is 0.733 bits per heavy atom. The van der Waals surface area contributed by atoms with Crippen LogP contribution in [0.4, 0.5) is 14.4 Å². The van der Waals surface area contributed by atoms with Gasteiger partial charge >= 0.3 is 18.2 Å². The van der Waals surface area contributed by atoms with Crippen molar-refractivity contribution in [3.63, 3.8) is 0 Å². The van der Waals surface area contributed by atoms with Crippen LogP contribution in [0.1, 0.15) is 39.5 Å². The van der Waals surface area contributed by atoms with Crippen molar-refractivity contribution in [3.05, 3.63) is 0 Å². The Labute approximate surface area is 192 Å². The Hall–Kier alpha value is -1.65. The van der Waals surface area contributed by atoms with E-state index in [-0.39, 0.29) is 44.1 Å². The predicted molar refractivity (Wildman–Crippen MR) is 122 cm³/mol. The molecule has 0 radical (unpaired) electrons. The van der Waals surface area contributed by atoms with Crippen molar-refractivity contribution in [3.8, 4) is 0 Å². The molecule has 0 aliphatic rings. The molecule has 180 valence electrons. The van der Waals surface area contributed by atoms with Gasteiger partial charge in [0, 0.05) is 46.3 Å². The summed E-state index contributed by atoms with van der Waals surface area (Å²) in [7, 11) is 1.54. The lowest BCUT2D eigenvalue weighted by Crippen LogP contribution is -2.41. The van der Waals surface area contributed by atoms with Crippen molar-refractivity contribution in [2.75, 3.05) is 59.5 Å². The van der Waals surface area contributed by atoms with Gasteiger partial charge in [0.1, 0.15) is 13.2 Å². The summed E-state index contributed by atoms with van der Waals surface area (Å²) in [6, 6.07) is -0.266. The van der Waals surface area contributed by atoms with Gasteiger partial charge in [-0.05, 0) is 12.8 Å². The molecule has 0 aromatic heterocycles. The monoisotopic (exact) mass is 475 g/mol. The van der Waals surface area contributed by atoms with E-state index in [0.717, 1.165) is 25.7 Å². The smallest absolute Gasteiger partial charge is 0.407 e. The molecule has 4 N–H and O–H groups in total. The van der Waals surface area contributed by atoms with Gasteiger partial charge in [-0.1, -0.05) is 26.7 Å². The summed E-state index contributed by atoms with van der Waals surface area (Å²) < 4.78 is 10.3. The van der Waals surface area contributed by atoms with Crippen LogP contribution in [0.3, 0.4) is 0 Å². The molecule has 0 saturated heterocycles. The van der Waals surface area contributed by atoms with E-state index in [9.17, 15) is 14.4 Å². The first-order chi connectivity index (χ1) is 13.5. The number of rotatable bonds is 15. The second kappa shape index (κ2) is 23.6. The van der Waals surface area contributed by atoms with Crippen molar-refractivity contribution < 1.29 is 23.9 Å². The Morgan fingerprint density at radius 3 is 1.60 bits per heavy atom. The van der Waals surface area contributed by atoms with Crippen molar-refractivity contribution in [2.45, 2.75) is 39.5 Å². The average Bonchev–Trinajstić information content (AvgIpc) is 2.67. The largest absolute Gasteiger partial charge is 0.448 e. The van der Waals surface area contributed by atoms with Crippen LogP contribution in [0.15, 0.2) is 0 Å². The standard InChI is InChI=1S/C18H37N5O5.2ClH/c1-4-6-8-21-17(25)27-14-12-23(11-10-20-16(24)19-3)13-15-28-18(26)22-9-7-5-2;;/h4-15H2,1-3H3,(H,21,25)(H,22,26)(H2,19,20,24);2*1H. The fraction of sp³-hybridized carbons (Fsp3) is 0.833. The summed E-state index contributed by atoms with van der Waals surface area (Å²) in [5, 5.41) is 10.5. The van der Waals surface area contributed by atoms with Gasteiger partial charge < -0.3 is 30.7 Å². The highest BCUT2D eigenvalue weighted by Gasteiger charge is 2.09. The van der Waals surface area contributed by atoms with Gasteiger partial charge in [-0.25, -0.2) is 14.4 Å². The third-order valence-corrected chi connectivity index (χ3v) is 3.82. The number of carbonyl (C=O) groups is 3. The lowest BCUT2D eigenvalue weighted by molar-refractivity contribution is 0.107. The molecule has 0 rings (SSSR count). The number of hydrogen-bond acceptors (Lipinski definition) is 6. The minimum atomic E-state index is -0.441. The number of ether oxygens (including phenoxy) is 2. The average molecular weight is 476 g/mol. The second-order valence-corrected chi connectivity index (χ2v) is 6.18. The van der Waals surface area contributed by atoms with Gasteiger partial charge in [-0.15, -0.1) is 24.8 Å². The topological polar surface area (TPSA) is 121 Å². The number of nitrogens with zero attached hydrogens (tertiary/aromatic N) is 1. The van der Waals surface area contributed by atoms with Gasteiger partial charge in [0.2, 0.25) is 0 Å². The SMILES string of the molecule is CCCCNC(=O)OCCN(CCNC(=O)NC)CCOC(=O)NCCCC.Cl.Cl. The first kappa shape index (κ1) is 33.0. The Bertz CT molecular complexity index is 419. The molecule has 30 heavy (non-hydrogen) atoms. The van der Waals surface area contributed by atoms with E-state index in [0.29, 0.717) is 39.3 Å². The van der Waals surface area contributed by atoms with E-state index in [1.165, 1.54) is 0 Å². The number of urea groups is 1. The summed E-state index contributed by atoms with van der Waals surface area (Å²) in [4.78, 5) is 36.4. The number of unbranched alkanes of at least 4 members (excludes halogenated alkanes) is 2. The van der Waals surface area contributed by atoms with Crippen LogP contribution in [-0.2, 0) is 9.47 Å². The highest BCUT2D eigenvalue weighted by atomic mass is 35.5. The van der Waals surface area contributed by atoms with E-state index < -0.39 is 12.2 Å². The molecule has 0 aromatic carbocycles. The Balaban J connectivity index is -0.00000364. The van der Waals surface area contributed by atoms with Gasteiger partial charge in [0.05, 0.1) is 0 Å². The van der Waals surface area contributed by atoms with Crippen molar-refractivity contribution in [1.29, 1.82) is 0 Å². The van der Waals surface area contributed by atoms with Crippen molar-refractivity contribution >= 4 is 43.0 Å². The van der Waals surface area contributed by atoms with E-state index in [1.54, 1.807) is 7.05 Å². The molecular weight excluding hydrogens is 437 g/mol. The van der Waals surface area contributed by atoms with Gasteiger partial charge in [-0.3, -0.25) is 4.90 Å². The predicted octanol–water partition coefficient (Wildman–Crippen LogP) is 2.11. The van der Waals surface area contributed by atoms with Crippen LogP contribution in [-0.4, -0.2) is 82.6 Å². The molecule has 0 aliphatic heterocycles. The van der Waals surface area contributed by atoms with Crippen LogP contribution >= 0.6 is 24.8 Å².